The third-order valence-electron chi connectivity index (χ3n) is 4.47. The summed E-state index contributed by atoms with van der Waals surface area (Å²) in [6.45, 7) is 3.79. The second-order valence-electron chi connectivity index (χ2n) is 6.06. The molecule has 2 aromatic rings. The van der Waals surface area contributed by atoms with Gasteiger partial charge in [0.05, 0.1) is 12.7 Å². The Balaban J connectivity index is 1.61. The molecule has 0 atom stereocenters. The van der Waals surface area contributed by atoms with Crippen LogP contribution in [0.25, 0.3) is 0 Å². The number of ether oxygens (including phenoxy) is 1. The maximum atomic E-state index is 14.2. The van der Waals surface area contributed by atoms with E-state index in [2.05, 4.69) is 4.90 Å². The van der Waals surface area contributed by atoms with Crippen LogP contribution in [-0.2, 0) is 6.54 Å². The van der Waals surface area contributed by atoms with Crippen LogP contribution < -0.4 is 9.64 Å². The van der Waals surface area contributed by atoms with Crippen LogP contribution in [-0.4, -0.2) is 49.3 Å². The van der Waals surface area contributed by atoms with Crippen molar-refractivity contribution in [3.8, 4) is 5.75 Å². The molecular weight excluding hydrogens is 323 g/mol. The first-order chi connectivity index (χ1) is 12.1. The van der Waals surface area contributed by atoms with E-state index in [9.17, 15) is 9.18 Å². The summed E-state index contributed by atoms with van der Waals surface area (Å²) in [4.78, 5) is 15.2. The number of carbonyl (C=O) groups is 1. The maximum Gasteiger partial charge on any atom is 0.335 e. The van der Waals surface area contributed by atoms with E-state index in [1.54, 1.807) is 31.4 Å². The number of aromatic carboxylic acids is 1. The molecule has 1 N–H and O–H groups in total. The van der Waals surface area contributed by atoms with Crippen molar-refractivity contribution >= 4 is 11.7 Å². The van der Waals surface area contributed by atoms with Gasteiger partial charge in [0, 0.05) is 32.7 Å². The minimum absolute atomic E-state index is 0.267. The SMILES string of the molecule is COc1cccc(F)c1N1CCN(Cc2ccc(C(=O)O)cc2)CC1. The Kier molecular flexibility index (Phi) is 5.19. The van der Waals surface area contributed by atoms with E-state index in [0.717, 1.165) is 25.2 Å². The summed E-state index contributed by atoms with van der Waals surface area (Å²) in [6, 6.07) is 11.8. The largest absolute Gasteiger partial charge is 0.494 e. The zero-order valence-corrected chi connectivity index (χ0v) is 14.1. The Morgan fingerprint density at radius 2 is 1.80 bits per heavy atom. The molecule has 1 aliphatic rings. The van der Waals surface area contributed by atoms with Gasteiger partial charge in [-0.3, -0.25) is 4.90 Å². The second-order valence-corrected chi connectivity index (χ2v) is 6.06. The topological polar surface area (TPSA) is 53.0 Å². The van der Waals surface area contributed by atoms with E-state index in [1.165, 1.54) is 6.07 Å². The van der Waals surface area contributed by atoms with E-state index in [0.29, 0.717) is 30.1 Å². The highest BCUT2D eigenvalue weighted by Crippen LogP contribution is 2.31. The van der Waals surface area contributed by atoms with E-state index < -0.39 is 5.97 Å². The molecule has 1 saturated heterocycles. The van der Waals surface area contributed by atoms with Gasteiger partial charge in [0.2, 0.25) is 0 Å². The molecule has 0 radical (unpaired) electrons. The summed E-state index contributed by atoms with van der Waals surface area (Å²) in [5.74, 6) is -0.631. The zero-order valence-electron chi connectivity index (χ0n) is 14.1. The summed E-state index contributed by atoms with van der Waals surface area (Å²) >= 11 is 0. The van der Waals surface area contributed by atoms with Crippen molar-refractivity contribution in [3.05, 3.63) is 59.4 Å². The molecule has 0 aromatic heterocycles. The highest BCUT2D eigenvalue weighted by Gasteiger charge is 2.22. The molecule has 5 nitrogen and oxygen atoms in total. The highest BCUT2D eigenvalue weighted by atomic mass is 19.1. The number of methoxy groups -OCH3 is 1. The summed E-state index contributed by atoms with van der Waals surface area (Å²) in [6.07, 6.45) is 0. The van der Waals surface area contributed by atoms with Gasteiger partial charge in [0.25, 0.3) is 0 Å². The Hall–Kier alpha value is -2.60. The first-order valence-electron chi connectivity index (χ1n) is 8.20. The number of benzene rings is 2. The van der Waals surface area contributed by atoms with Crippen molar-refractivity contribution in [2.75, 3.05) is 38.2 Å². The van der Waals surface area contributed by atoms with Crippen LogP contribution in [0.15, 0.2) is 42.5 Å². The van der Waals surface area contributed by atoms with E-state index >= 15 is 0 Å². The molecule has 2 aromatic carbocycles. The van der Waals surface area contributed by atoms with Crippen LogP contribution in [0, 0.1) is 5.82 Å². The van der Waals surface area contributed by atoms with Crippen LogP contribution >= 0.6 is 0 Å². The van der Waals surface area contributed by atoms with Gasteiger partial charge in [-0.1, -0.05) is 18.2 Å². The molecule has 6 heteroatoms. The van der Waals surface area contributed by atoms with Crippen molar-refractivity contribution in [1.82, 2.24) is 4.90 Å². The highest BCUT2D eigenvalue weighted by molar-refractivity contribution is 5.87. The van der Waals surface area contributed by atoms with Gasteiger partial charge < -0.3 is 14.7 Å². The van der Waals surface area contributed by atoms with Gasteiger partial charge in [-0.15, -0.1) is 0 Å². The molecule has 1 aliphatic heterocycles. The van der Waals surface area contributed by atoms with Crippen molar-refractivity contribution in [1.29, 1.82) is 0 Å². The van der Waals surface area contributed by atoms with E-state index in [-0.39, 0.29) is 5.82 Å². The van der Waals surface area contributed by atoms with Crippen molar-refractivity contribution in [2.45, 2.75) is 6.54 Å². The predicted octanol–water partition coefficient (Wildman–Crippen LogP) is 2.85. The van der Waals surface area contributed by atoms with Crippen molar-refractivity contribution in [3.63, 3.8) is 0 Å². The minimum Gasteiger partial charge on any atom is -0.494 e. The lowest BCUT2D eigenvalue weighted by atomic mass is 10.1. The van der Waals surface area contributed by atoms with Gasteiger partial charge >= 0.3 is 5.97 Å². The second kappa shape index (κ2) is 7.53. The third-order valence-corrected chi connectivity index (χ3v) is 4.47. The van der Waals surface area contributed by atoms with Gasteiger partial charge in [-0.05, 0) is 29.8 Å². The van der Waals surface area contributed by atoms with Crippen LogP contribution in [0.5, 0.6) is 5.75 Å². The molecule has 25 heavy (non-hydrogen) atoms. The normalized spacial score (nSPS) is 15.2. The molecule has 3 rings (SSSR count). The van der Waals surface area contributed by atoms with E-state index in [1.807, 2.05) is 17.0 Å². The lowest BCUT2D eigenvalue weighted by molar-refractivity contribution is 0.0697. The number of halogens is 1. The number of nitrogens with zero attached hydrogens (tertiary/aromatic N) is 2. The van der Waals surface area contributed by atoms with Crippen LogP contribution in [0.2, 0.25) is 0 Å². The number of carboxylic acids is 1. The molecule has 1 fully saturated rings. The third kappa shape index (κ3) is 3.91. The number of hydrogen-bond donors (Lipinski definition) is 1. The standard InChI is InChI=1S/C19H21FN2O3/c1-25-17-4-2-3-16(20)18(17)22-11-9-21(10-12-22)13-14-5-7-15(8-6-14)19(23)24/h2-8H,9-13H2,1H3,(H,23,24). The number of anilines is 1. The fourth-order valence-electron chi connectivity index (χ4n) is 3.11. The van der Waals surface area contributed by atoms with Crippen LogP contribution in [0.3, 0.4) is 0 Å². The molecule has 0 unspecified atom stereocenters. The first-order valence-corrected chi connectivity index (χ1v) is 8.20. The maximum absolute atomic E-state index is 14.2. The summed E-state index contributed by atoms with van der Waals surface area (Å²) in [5, 5.41) is 8.94. The average Bonchev–Trinajstić information content (AvgIpc) is 2.63. The smallest absolute Gasteiger partial charge is 0.335 e. The average molecular weight is 344 g/mol. The Bertz CT molecular complexity index is 741. The molecule has 0 saturated carbocycles. The molecule has 1 heterocycles. The molecule has 0 bridgehead atoms. The van der Waals surface area contributed by atoms with Crippen LogP contribution in [0.4, 0.5) is 10.1 Å². The number of hydrogen-bond acceptors (Lipinski definition) is 4. The van der Waals surface area contributed by atoms with Gasteiger partial charge in [0.15, 0.2) is 0 Å². The summed E-state index contributed by atoms with van der Waals surface area (Å²) in [5.41, 5.74) is 1.89. The number of para-hydroxylation sites is 1. The van der Waals surface area contributed by atoms with Crippen molar-refractivity contribution < 1.29 is 19.0 Å². The van der Waals surface area contributed by atoms with Gasteiger partial charge in [-0.25, -0.2) is 9.18 Å². The van der Waals surface area contributed by atoms with Crippen LogP contribution in [0.1, 0.15) is 15.9 Å². The molecule has 0 amide bonds. The van der Waals surface area contributed by atoms with Gasteiger partial charge in [-0.2, -0.15) is 0 Å². The Morgan fingerprint density at radius 3 is 2.40 bits per heavy atom. The zero-order chi connectivity index (χ0) is 17.8. The fourth-order valence-corrected chi connectivity index (χ4v) is 3.11. The van der Waals surface area contributed by atoms with Crippen molar-refractivity contribution in [2.24, 2.45) is 0 Å². The number of piperazine rings is 1. The summed E-state index contributed by atoms with van der Waals surface area (Å²) < 4.78 is 19.5. The quantitative estimate of drug-likeness (QED) is 0.904. The van der Waals surface area contributed by atoms with Gasteiger partial charge in [0.1, 0.15) is 17.3 Å². The predicted molar refractivity (Wildman–Crippen MR) is 93.8 cm³/mol. The Labute approximate surface area is 146 Å². The first kappa shape index (κ1) is 17.2. The monoisotopic (exact) mass is 344 g/mol. The molecule has 132 valence electrons. The number of rotatable bonds is 5. The molecule has 0 spiro atoms. The van der Waals surface area contributed by atoms with E-state index in [4.69, 9.17) is 9.84 Å². The molecule has 0 aliphatic carbocycles. The minimum atomic E-state index is -0.918. The fraction of sp³-hybridized carbons (Fsp3) is 0.316. The lowest BCUT2D eigenvalue weighted by Crippen LogP contribution is -2.46. The molecular formula is C19H21FN2O3. The lowest BCUT2D eigenvalue weighted by Gasteiger charge is -2.36. The Morgan fingerprint density at radius 1 is 1.12 bits per heavy atom. The summed E-state index contributed by atoms with van der Waals surface area (Å²) in [7, 11) is 1.55. The number of carboxylic acid groups (broad SMARTS) is 1.